The average Bonchev–Trinajstić information content (AvgIpc) is 3.25. The summed E-state index contributed by atoms with van der Waals surface area (Å²) < 4.78 is 1.90. The number of hydrogen-bond acceptors (Lipinski definition) is 5. The second-order valence-corrected chi connectivity index (χ2v) is 9.31. The monoisotopic (exact) mass is 409 g/mol. The number of carbonyl (C=O) groups excluding carboxylic acids is 1. The zero-order valence-corrected chi connectivity index (χ0v) is 17.4. The van der Waals surface area contributed by atoms with E-state index in [1.807, 2.05) is 41.2 Å². The molecule has 7 heteroatoms. The lowest BCUT2D eigenvalue weighted by Crippen LogP contribution is -2.57. The molecule has 1 unspecified atom stereocenters. The van der Waals surface area contributed by atoms with Crippen LogP contribution in [0.3, 0.4) is 0 Å². The fraction of sp³-hybridized carbons (Fsp3) is 0.609. The molecule has 4 heterocycles. The van der Waals surface area contributed by atoms with Gasteiger partial charge in [-0.2, -0.15) is 0 Å². The lowest BCUT2D eigenvalue weighted by Gasteiger charge is -2.49. The lowest BCUT2D eigenvalue weighted by molar-refractivity contribution is -0.127. The molecule has 160 valence electrons. The minimum absolute atomic E-state index is 0.0458. The zero-order valence-electron chi connectivity index (χ0n) is 17.4. The third-order valence-electron chi connectivity index (χ3n) is 7.35. The summed E-state index contributed by atoms with van der Waals surface area (Å²) in [6.45, 7) is 2.61. The van der Waals surface area contributed by atoms with Crippen molar-refractivity contribution in [1.82, 2.24) is 19.9 Å². The van der Waals surface area contributed by atoms with Crippen LogP contribution in [0.4, 0.5) is 5.69 Å². The molecule has 1 amide bonds. The zero-order chi connectivity index (χ0) is 20.6. The van der Waals surface area contributed by atoms with Crippen LogP contribution in [0.2, 0.25) is 0 Å². The van der Waals surface area contributed by atoms with Gasteiger partial charge in [0.05, 0.1) is 18.7 Å². The summed E-state index contributed by atoms with van der Waals surface area (Å²) in [6.07, 6.45) is 8.87. The van der Waals surface area contributed by atoms with E-state index in [0.29, 0.717) is 12.0 Å². The summed E-state index contributed by atoms with van der Waals surface area (Å²) in [4.78, 5) is 15.3. The number of fused-ring (bicyclic) bond motifs is 3. The Morgan fingerprint density at radius 2 is 2.00 bits per heavy atom. The van der Waals surface area contributed by atoms with Crippen LogP contribution < -0.4 is 5.32 Å². The highest BCUT2D eigenvalue weighted by Gasteiger charge is 2.43. The third-order valence-corrected chi connectivity index (χ3v) is 7.35. The molecule has 0 radical (unpaired) electrons. The highest BCUT2D eigenvalue weighted by molar-refractivity contribution is 5.93. The van der Waals surface area contributed by atoms with Crippen LogP contribution in [0.1, 0.15) is 50.6 Å². The van der Waals surface area contributed by atoms with Crippen molar-refractivity contribution < 1.29 is 9.90 Å². The molecular formula is C23H31N5O2. The predicted molar refractivity (Wildman–Crippen MR) is 114 cm³/mol. The van der Waals surface area contributed by atoms with Gasteiger partial charge in [0.2, 0.25) is 5.91 Å². The van der Waals surface area contributed by atoms with Gasteiger partial charge in [-0.3, -0.25) is 14.4 Å². The van der Waals surface area contributed by atoms with E-state index >= 15 is 0 Å². The molecule has 3 saturated heterocycles. The van der Waals surface area contributed by atoms with Crippen molar-refractivity contribution in [2.45, 2.75) is 63.1 Å². The number of benzene rings is 1. The molecule has 4 fully saturated rings. The second-order valence-electron chi connectivity index (χ2n) is 9.31. The fourth-order valence-electron chi connectivity index (χ4n) is 5.59. The van der Waals surface area contributed by atoms with Gasteiger partial charge in [-0.25, -0.2) is 0 Å². The fourth-order valence-corrected chi connectivity index (χ4v) is 5.59. The smallest absolute Gasteiger partial charge is 0.229 e. The number of nitrogens with zero attached hydrogens (tertiary/aromatic N) is 4. The van der Waals surface area contributed by atoms with Gasteiger partial charge in [0.15, 0.2) is 0 Å². The molecule has 6 rings (SSSR count). The molecular weight excluding hydrogens is 378 g/mol. The molecule has 4 aliphatic rings. The van der Waals surface area contributed by atoms with E-state index in [-0.39, 0.29) is 11.8 Å². The molecule has 30 heavy (non-hydrogen) atoms. The molecule has 1 aromatic heterocycles. The van der Waals surface area contributed by atoms with E-state index in [0.717, 1.165) is 69.5 Å². The first-order valence-corrected chi connectivity index (χ1v) is 11.3. The highest BCUT2D eigenvalue weighted by atomic mass is 16.3. The minimum atomic E-state index is -0.803. The van der Waals surface area contributed by atoms with Crippen LogP contribution in [-0.2, 0) is 16.9 Å². The number of para-hydroxylation sites is 1. The molecule has 3 aliphatic heterocycles. The molecule has 1 aliphatic carbocycles. The van der Waals surface area contributed by atoms with E-state index in [9.17, 15) is 9.90 Å². The maximum absolute atomic E-state index is 12.8. The average molecular weight is 410 g/mol. The summed E-state index contributed by atoms with van der Waals surface area (Å²) in [6, 6.07) is 10.1. The number of amides is 1. The molecule has 1 saturated carbocycles. The number of nitrogens with one attached hydrogen (secondary N) is 1. The van der Waals surface area contributed by atoms with Crippen LogP contribution >= 0.6 is 0 Å². The van der Waals surface area contributed by atoms with E-state index < -0.39 is 5.60 Å². The van der Waals surface area contributed by atoms with Crippen molar-refractivity contribution in [2.24, 2.45) is 11.8 Å². The van der Waals surface area contributed by atoms with Gasteiger partial charge in [-0.05, 0) is 50.3 Å². The van der Waals surface area contributed by atoms with Gasteiger partial charge < -0.3 is 10.4 Å². The molecule has 7 nitrogen and oxygen atoms in total. The summed E-state index contributed by atoms with van der Waals surface area (Å²) in [5.74, 6) is 0.593. The number of anilines is 1. The van der Waals surface area contributed by atoms with Crippen LogP contribution in [0.5, 0.6) is 0 Å². The Kier molecular flexibility index (Phi) is 5.33. The summed E-state index contributed by atoms with van der Waals surface area (Å²) in [5.41, 5.74) is 0.785. The van der Waals surface area contributed by atoms with Crippen LogP contribution in [-0.4, -0.2) is 50.0 Å². The van der Waals surface area contributed by atoms with Crippen molar-refractivity contribution in [1.29, 1.82) is 0 Å². The Labute approximate surface area is 177 Å². The van der Waals surface area contributed by atoms with Crippen molar-refractivity contribution in [3.63, 3.8) is 0 Å². The van der Waals surface area contributed by atoms with E-state index in [1.165, 1.54) is 6.42 Å². The highest BCUT2D eigenvalue weighted by Crippen LogP contribution is 2.38. The number of piperidine rings is 3. The second kappa shape index (κ2) is 8.12. The van der Waals surface area contributed by atoms with Crippen molar-refractivity contribution >= 4 is 11.6 Å². The molecule has 4 atom stereocenters. The predicted octanol–water partition coefficient (Wildman–Crippen LogP) is 2.78. The third kappa shape index (κ3) is 3.88. The van der Waals surface area contributed by atoms with E-state index in [2.05, 4.69) is 20.5 Å². The number of rotatable bonds is 5. The number of aliphatic hydroxyl groups is 1. The first-order valence-electron chi connectivity index (χ1n) is 11.3. The normalized spacial score (nSPS) is 30.2. The molecule has 1 aromatic carbocycles. The molecule has 2 bridgehead atoms. The van der Waals surface area contributed by atoms with Crippen LogP contribution in [0.15, 0.2) is 36.5 Å². The Morgan fingerprint density at radius 1 is 1.20 bits per heavy atom. The van der Waals surface area contributed by atoms with Crippen molar-refractivity contribution in [3.05, 3.63) is 42.2 Å². The summed E-state index contributed by atoms with van der Waals surface area (Å²) in [5, 5.41) is 22.6. The quantitative estimate of drug-likeness (QED) is 0.793. The Balaban J connectivity index is 1.21. The minimum Gasteiger partial charge on any atom is -0.383 e. The van der Waals surface area contributed by atoms with E-state index in [4.69, 9.17) is 0 Å². The topological polar surface area (TPSA) is 83.3 Å². The Bertz CT molecular complexity index is 877. The van der Waals surface area contributed by atoms with Gasteiger partial charge in [-0.15, -0.1) is 5.10 Å². The maximum atomic E-state index is 12.8. The molecule has 2 aromatic rings. The Hall–Kier alpha value is -2.25. The largest absolute Gasteiger partial charge is 0.383 e. The summed E-state index contributed by atoms with van der Waals surface area (Å²) in [7, 11) is 0. The van der Waals surface area contributed by atoms with Crippen LogP contribution in [0, 0.1) is 11.8 Å². The van der Waals surface area contributed by atoms with Crippen molar-refractivity contribution in [2.75, 3.05) is 18.4 Å². The molecule has 2 N–H and O–H groups in total. The Morgan fingerprint density at radius 3 is 2.73 bits per heavy atom. The van der Waals surface area contributed by atoms with Gasteiger partial charge in [0.25, 0.3) is 0 Å². The lowest BCUT2D eigenvalue weighted by atomic mass is 9.75. The SMILES string of the molecule is O=C(Nc1ccccc1)[C@H]1CN2CC[C@H]1C[C@@H]2Cn1cc(C2(O)CCCCC2)nn1. The number of hydrogen-bond donors (Lipinski definition) is 2. The summed E-state index contributed by atoms with van der Waals surface area (Å²) >= 11 is 0. The van der Waals surface area contributed by atoms with Crippen molar-refractivity contribution in [3.8, 4) is 0 Å². The van der Waals surface area contributed by atoms with Gasteiger partial charge in [-0.1, -0.05) is 42.7 Å². The number of carbonyl (C=O) groups is 1. The van der Waals surface area contributed by atoms with Gasteiger partial charge in [0.1, 0.15) is 11.3 Å². The van der Waals surface area contributed by atoms with Gasteiger partial charge >= 0.3 is 0 Å². The first-order chi connectivity index (χ1) is 14.6. The van der Waals surface area contributed by atoms with E-state index in [1.54, 1.807) is 0 Å². The maximum Gasteiger partial charge on any atom is 0.229 e. The standard InChI is InChI=1S/C23H31N5O2/c29-22(24-18-7-3-1-4-8-18)20-15-27-12-9-17(20)13-19(27)14-28-16-21(25-26-28)23(30)10-5-2-6-11-23/h1,3-4,7-8,16-17,19-20,30H,2,5-6,9-15H2,(H,24,29)/t17-,19+,20-/m0/s1. The van der Waals surface area contributed by atoms with Crippen LogP contribution in [0.25, 0.3) is 0 Å². The van der Waals surface area contributed by atoms with Gasteiger partial charge in [0, 0.05) is 18.3 Å². The number of aromatic nitrogens is 3. The molecule has 0 spiro atoms. The first kappa shape index (κ1) is 19.7.